The summed E-state index contributed by atoms with van der Waals surface area (Å²) in [7, 11) is 0. The van der Waals surface area contributed by atoms with E-state index in [-0.39, 0.29) is 36.4 Å². The monoisotopic (exact) mass is 642 g/mol. The number of rotatable bonds is 4. The molecule has 3 fully saturated rings. The number of benzene rings is 2. The van der Waals surface area contributed by atoms with Crippen molar-refractivity contribution in [3.8, 4) is 0 Å². The van der Waals surface area contributed by atoms with Gasteiger partial charge in [0.25, 0.3) is 0 Å². The third-order valence-corrected chi connectivity index (χ3v) is 9.28. The molecule has 11 nitrogen and oxygen atoms in total. The summed E-state index contributed by atoms with van der Waals surface area (Å²) < 4.78 is 20.5. The van der Waals surface area contributed by atoms with E-state index in [9.17, 15) is 11.0 Å². The second-order valence-electron chi connectivity index (χ2n) is 15.2. The first-order valence-corrected chi connectivity index (χ1v) is 17.0. The molecule has 47 heavy (non-hydrogen) atoms. The Morgan fingerprint density at radius 2 is 1.15 bits per heavy atom. The van der Waals surface area contributed by atoms with Crippen molar-refractivity contribution in [3.63, 3.8) is 0 Å². The summed E-state index contributed by atoms with van der Waals surface area (Å²) in [6.45, 7) is 12.6. The Bertz CT molecular complexity index is 1710. The van der Waals surface area contributed by atoms with E-state index < -0.39 is 11.2 Å². The van der Waals surface area contributed by atoms with Crippen LogP contribution in [0.5, 0.6) is 0 Å². The van der Waals surface area contributed by atoms with Crippen molar-refractivity contribution < 1.29 is 20.5 Å². The summed E-state index contributed by atoms with van der Waals surface area (Å²) >= 11 is 0. The van der Waals surface area contributed by atoms with E-state index >= 15 is 0 Å². The molecule has 4 atom stereocenters. The van der Waals surface area contributed by atoms with Gasteiger partial charge >= 0.3 is 12.2 Å². The quantitative estimate of drug-likeness (QED) is 0.208. The van der Waals surface area contributed by atoms with Crippen LogP contribution in [0.2, 0.25) is 1.41 Å². The normalized spacial score (nSPS) is 24.4. The summed E-state index contributed by atoms with van der Waals surface area (Å²) in [5.74, 6) is 1.55. The van der Waals surface area contributed by atoms with Gasteiger partial charge in [-0.1, -0.05) is 12.1 Å². The van der Waals surface area contributed by atoms with Crippen LogP contribution in [0.3, 0.4) is 0 Å². The highest BCUT2D eigenvalue weighted by molar-refractivity contribution is 5.78. The molecule has 2 aromatic heterocycles. The highest BCUT2D eigenvalue weighted by Crippen LogP contribution is 2.38. The molecule has 0 aliphatic carbocycles. The Balaban J connectivity index is 1.07. The first-order chi connectivity index (χ1) is 22.7. The standard InChI is InChI=1S/C36H47N7O4/c1-35(2,3)46-33(44)42-17-7-9-29(42)31-38-25-13-11-21(19-27(25)40-31)23-15-16-24(37-23)22-12-14-26-28(20-22)41-32(39-26)30-10-8-18-43(30)34(45)47-36(4,5)6/h11-14,19-20,23-24,29-30,37H,7-10,15-18H2,1-6H3,(H,38,40)(H,39,41)/i/hD. The Labute approximate surface area is 277 Å². The minimum absolute atomic E-state index is 0.0650. The molecule has 3 aliphatic heterocycles. The lowest BCUT2D eigenvalue weighted by Gasteiger charge is -2.27. The molecular formula is C36H47N7O4. The summed E-state index contributed by atoms with van der Waals surface area (Å²) in [6, 6.07) is 12.0. The molecule has 250 valence electrons. The minimum atomic E-state index is -0.554. The molecule has 3 saturated heterocycles. The van der Waals surface area contributed by atoms with Crippen molar-refractivity contribution in [1.82, 2.24) is 35.0 Å². The second kappa shape index (κ2) is 11.8. The lowest BCUT2D eigenvalue weighted by Crippen LogP contribution is -2.36. The fraction of sp³-hybridized carbons (Fsp3) is 0.556. The summed E-state index contributed by atoms with van der Waals surface area (Å²) in [5.41, 5.74) is 4.55. The predicted octanol–water partition coefficient (Wildman–Crippen LogP) is 7.75. The number of aromatic amines is 2. The molecule has 2 aromatic carbocycles. The fourth-order valence-corrected chi connectivity index (χ4v) is 7.19. The number of fused-ring (bicyclic) bond motifs is 2. The number of amides is 2. The van der Waals surface area contributed by atoms with Gasteiger partial charge in [-0.25, -0.2) is 19.6 Å². The molecule has 3 N–H and O–H groups in total. The zero-order valence-corrected chi connectivity index (χ0v) is 28.3. The van der Waals surface area contributed by atoms with E-state index in [1.165, 1.54) is 0 Å². The van der Waals surface area contributed by atoms with Gasteiger partial charge in [0.2, 0.25) is 0 Å². The molecule has 7 rings (SSSR count). The fourth-order valence-electron chi connectivity index (χ4n) is 7.19. The number of carbonyl (C=O) groups excluding carboxylic acids is 2. The van der Waals surface area contributed by atoms with Gasteiger partial charge in [0.15, 0.2) is 0 Å². The van der Waals surface area contributed by atoms with E-state index in [0.29, 0.717) is 13.1 Å². The van der Waals surface area contributed by atoms with E-state index in [2.05, 4.69) is 34.2 Å². The highest BCUT2D eigenvalue weighted by atomic mass is 16.6. The maximum Gasteiger partial charge on any atom is 0.410 e. The van der Waals surface area contributed by atoms with Crippen molar-refractivity contribution >= 4 is 34.3 Å². The van der Waals surface area contributed by atoms with Gasteiger partial charge in [-0.2, -0.15) is 0 Å². The number of aromatic nitrogens is 4. The molecule has 3 aliphatic rings. The van der Waals surface area contributed by atoms with Gasteiger partial charge in [0, 0.05) is 25.2 Å². The molecule has 2 amide bonds. The Morgan fingerprint density at radius 3 is 1.55 bits per heavy atom. The average molecular weight is 643 g/mol. The molecular weight excluding hydrogens is 594 g/mol. The van der Waals surface area contributed by atoms with Crippen molar-refractivity contribution in [2.75, 3.05) is 13.1 Å². The van der Waals surface area contributed by atoms with Gasteiger partial charge in [0.1, 0.15) is 24.3 Å². The third kappa shape index (κ3) is 6.54. The predicted molar refractivity (Wildman–Crippen MR) is 180 cm³/mol. The summed E-state index contributed by atoms with van der Waals surface area (Å²) in [5, 5.41) is 1.72. The maximum atomic E-state index is 12.9. The highest BCUT2D eigenvalue weighted by Gasteiger charge is 2.36. The largest absolute Gasteiger partial charge is 0.444 e. The SMILES string of the molecule is [2H]N1C(c2ccc3nc(C4CCCN4C(=O)OC(C)(C)C)[nH]c3c2)CCC1c1ccc2nc(C3CCCN3C(=O)OC(C)(C)C)[nH]c2c1. The lowest BCUT2D eigenvalue weighted by atomic mass is 10.0. The van der Waals surface area contributed by atoms with Gasteiger partial charge < -0.3 is 24.8 Å². The van der Waals surface area contributed by atoms with Crippen LogP contribution in [0.4, 0.5) is 9.59 Å². The molecule has 11 heteroatoms. The van der Waals surface area contributed by atoms with Gasteiger partial charge in [-0.05, 0) is 115 Å². The Kier molecular flexibility index (Phi) is 7.62. The first-order valence-electron chi connectivity index (χ1n) is 17.4. The maximum absolute atomic E-state index is 12.9. The molecule has 4 unspecified atom stereocenters. The van der Waals surface area contributed by atoms with Crippen LogP contribution in [0.25, 0.3) is 22.1 Å². The molecule has 0 spiro atoms. The average Bonchev–Trinajstić information content (AvgIpc) is 3.83. The Hall–Kier alpha value is -4.12. The number of ether oxygens (including phenoxy) is 2. The number of imidazole rings is 2. The number of nitrogens with zero attached hydrogens (tertiary/aromatic N) is 4. The molecule has 4 aromatic rings. The van der Waals surface area contributed by atoms with Crippen LogP contribution in [-0.4, -0.2) is 66.2 Å². The zero-order chi connectivity index (χ0) is 34.0. The number of likely N-dealkylation sites (tertiary alicyclic amines) is 2. The van der Waals surface area contributed by atoms with Gasteiger partial charge in [-0.15, -0.1) is 0 Å². The van der Waals surface area contributed by atoms with E-state index in [1.807, 2.05) is 53.7 Å². The molecule has 0 bridgehead atoms. The first kappa shape index (κ1) is 30.2. The third-order valence-electron chi connectivity index (χ3n) is 9.28. The lowest BCUT2D eigenvalue weighted by molar-refractivity contribution is 0.0208. The molecule has 0 radical (unpaired) electrons. The van der Waals surface area contributed by atoms with Crippen LogP contribution in [-0.2, 0) is 9.47 Å². The van der Waals surface area contributed by atoms with E-state index in [1.54, 1.807) is 15.1 Å². The summed E-state index contributed by atoms with van der Waals surface area (Å²) in [6.07, 6.45) is 4.57. The Morgan fingerprint density at radius 1 is 0.723 bits per heavy atom. The van der Waals surface area contributed by atoms with Crippen LogP contribution in [0, 0.1) is 0 Å². The topological polar surface area (TPSA) is 128 Å². The number of hydrogen-bond acceptors (Lipinski definition) is 7. The minimum Gasteiger partial charge on any atom is -0.444 e. The van der Waals surface area contributed by atoms with Crippen LogP contribution in [0.1, 0.15) is 127 Å². The van der Waals surface area contributed by atoms with Crippen molar-refractivity contribution in [1.29, 1.82) is 0 Å². The molecule has 0 saturated carbocycles. The van der Waals surface area contributed by atoms with Crippen LogP contribution in [0.15, 0.2) is 36.4 Å². The number of carbonyl (C=O) groups is 2. The van der Waals surface area contributed by atoms with E-state index in [0.717, 1.165) is 83.4 Å². The number of hydrogen-bond donors (Lipinski definition) is 3. The number of nitrogens with one attached hydrogen (secondary N) is 3. The van der Waals surface area contributed by atoms with Gasteiger partial charge in [-0.3, -0.25) is 9.80 Å². The van der Waals surface area contributed by atoms with Crippen molar-refractivity contribution in [2.45, 2.75) is 115 Å². The van der Waals surface area contributed by atoms with E-state index in [4.69, 9.17) is 19.4 Å². The number of H-pyrrole nitrogens is 2. The van der Waals surface area contributed by atoms with Crippen LogP contribution >= 0.6 is 0 Å². The summed E-state index contributed by atoms with van der Waals surface area (Å²) in [4.78, 5) is 46.0. The zero-order valence-electron chi connectivity index (χ0n) is 29.3. The van der Waals surface area contributed by atoms with Crippen molar-refractivity contribution in [2.24, 2.45) is 0 Å². The van der Waals surface area contributed by atoms with Crippen molar-refractivity contribution in [3.05, 3.63) is 59.2 Å². The second-order valence-corrected chi connectivity index (χ2v) is 15.2. The smallest absolute Gasteiger partial charge is 0.410 e. The van der Waals surface area contributed by atoms with Gasteiger partial charge in [0.05, 0.1) is 34.2 Å². The van der Waals surface area contributed by atoms with Crippen LogP contribution < -0.4 is 5.31 Å². The molecule has 5 heterocycles.